The van der Waals surface area contributed by atoms with Crippen molar-refractivity contribution in [2.45, 2.75) is 5.37 Å². The molecule has 1 fully saturated rings. The fraction of sp³-hybridized carbons (Fsp3) is 0.333. The monoisotopic (exact) mass is 269 g/mol. The van der Waals surface area contributed by atoms with Crippen molar-refractivity contribution in [3.05, 3.63) is 33.8 Å². The summed E-state index contributed by atoms with van der Waals surface area (Å²) in [5, 5.41) is 5.15. The van der Waals surface area contributed by atoms with E-state index in [1.165, 1.54) is 0 Å². The first-order valence-corrected chi connectivity index (χ1v) is 5.88. The molecule has 0 aliphatic carbocycles. The average Bonchev–Trinajstić information content (AvgIpc) is 2.56. The van der Waals surface area contributed by atoms with E-state index in [-0.39, 0.29) is 12.4 Å². The largest absolute Gasteiger partial charge is 0.301 e. The number of hydrogen-bond acceptors (Lipinski definition) is 2. The van der Waals surface area contributed by atoms with E-state index in [4.69, 9.17) is 23.2 Å². The average molecular weight is 271 g/mol. The quantitative estimate of drug-likeness (QED) is 0.834. The van der Waals surface area contributed by atoms with Gasteiger partial charge in [-0.05, 0) is 17.7 Å². The molecule has 0 amide bonds. The Labute approximate surface area is 104 Å². The van der Waals surface area contributed by atoms with Crippen LogP contribution in [0.4, 0.5) is 0 Å². The lowest BCUT2D eigenvalue weighted by Crippen LogP contribution is -2.12. The topological polar surface area (TPSA) is 12.0 Å². The minimum Gasteiger partial charge on any atom is -0.301 e. The Morgan fingerprint density at radius 2 is 2.14 bits per heavy atom. The second-order valence-corrected chi connectivity index (χ2v) is 4.93. The highest BCUT2D eigenvalue weighted by atomic mass is 35.5. The molecule has 0 saturated carbocycles. The lowest BCUT2D eigenvalue weighted by Gasteiger charge is -2.11. The van der Waals surface area contributed by atoms with Crippen LogP contribution in [0.15, 0.2) is 18.2 Å². The van der Waals surface area contributed by atoms with E-state index >= 15 is 0 Å². The van der Waals surface area contributed by atoms with Crippen molar-refractivity contribution in [3.63, 3.8) is 0 Å². The van der Waals surface area contributed by atoms with Gasteiger partial charge in [0.25, 0.3) is 0 Å². The molecule has 1 saturated heterocycles. The van der Waals surface area contributed by atoms with Gasteiger partial charge in [-0.3, -0.25) is 0 Å². The molecule has 1 heterocycles. The van der Waals surface area contributed by atoms with E-state index in [0.29, 0.717) is 10.4 Å². The maximum atomic E-state index is 6.07. The molecular formula is C9H10Cl3NS. The highest BCUT2D eigenvalue weighted by Crippen LogP contribution is 2.35. The molecule has 0 spiro atoms. The van der Waals surface area contributed by atoms with Gasteiger partial charge in [0.15, 0.2) is 0 Å². The predicted molar refractivity (Wildman–Crippen MR) is 66.9 cm³/mol. The molecule has 0 radical (unpaired) electrons. The van der Waals surface area contributed by atoms with Gasteiger partial charge in [0.2, 0.25) is 0 Å². The first-order chi connectivity index (χ1) is 6.27. The number of nitrogens with one attached hydrogen (secondary N) is 1. The van der Waals surface area contributed by atoms with Crippen LogP contribution in [0.2, 0.25) is 10.0 Å². The molecule has 1 N–H and O–H groups in total. The van der Waals surface area contributed by atoms with Gasteiger partial charge in [0.1, 0.15) is 0 Å². The molecular weight excluding hydrogens is 261 g/mol. The van der Waals surface area contributed by atoms with Gasteiger partial charge in [-0.15, -0.1) is 24.2 Å². The molecule has 78 valence electrons. The van der Waals surface area contributed by atoms with Crippen molar-refractivity contribution < 1.29 is 0 Å². The van der Waals surface area contributed by atoms with Crippen LogP contribution in [0.5, 0.6) is 0 Å². The highest BCUT2D eigenvalue weighted by Gasteiger charge is 2.18. The third kappa shape index (κ3) is 2.71. The summed E-state index contributed by atoms with van der Waals surface area (Å²) in [7, 11) is 0. The molecule has 5 heteroatoms. The Kier molecular flexibility index (Phi) is 4.88. The predicted octanol–water partition coefficient (Wildman–Crippen LogP) is 3.75. The van der Waals surface area contributed by atoms with Gasteiger partial charge in [-0.2, -0.15) is 0 Å². The Hall–Kier alpha value is 0.400. The molecule has 1 aliphatic rings. The zero-order valence-electron chi connectivity index (χ0n) is 7.30. The van der Waals surface area contributed by atoms with Crippen molar-refractivity contribution in [2.24, 2.45) is 0 Å². The minimum absolute atomic E-state index is 0. The van der Waals surface area contributed by atoms with E-state index in [9.17, 15) is 0 Å². The summed E-state index contributed by atoms with van der Waals surface area (Å²) in [5.74, 6) is 1.14. The Morgan fingerprint density at radius 3 is 2.71 bits per heavy atom. The fourth-order valence-electron chi connectivity index (χ4n) is 1.34. The zero-order valence-corrected chi connectivity index (χ0v) is 10.4. The summed E-state index contributed by atoms with van der Waals surface area (Å²) in [6, 6.07) is 5.66. The third-order valence-corrected chi connectivity index (χ3v) is 3.72. The second-order valence-electron chi connectivity index (χ2n) is 2.87. The summed E-state index contributed by atoms with van der Waals surface area (Å²) in [4.78, 5) is 0. The highest BCUT2D eigenvalue weighted by molar-refractivity contribution is 7.99. The van der Waals surface area contributed by atoms with Crippen molar-refractivity contribution in [1.82, 2.24) is 5.32 Å². The molecule has 1 aromatic carbocycles. The van der Waals surface area contributed by atoms with Crippen LogP contribution in [-0.2, 0) is 0 Å². The smallest absolute Gasteiger partial charge is 0.0804 e. The Morgan fingerprint density at radius 1 is 1.36 bits per heavy atom. The van der Waals surface area contributed by atoms with Gasteiger partial charge in [0.05, 0.1) is 5.37 Å². The number of rotatable bonds is 1. The molecule has 1 aromatic rings. The Bertz CT molecular complexity index is 313. The van der Waals surface area contributed by atoms with Gasteiger partial charge in [0, 0.05) is 22.3 Å². The van der Waals surface area contributed by atoms with E-state index in [1.54, 1.807) is 6.07 Å². The van der Waals surface area contributed by atoms with Gasteiger partial charge in [-0.1, -0.05) is 29.3 Å². The number of benzene rings is 1. The van der Waals surface area contributed by atoms with E-state index < -0.39 is 0 Å². The lowest BCUT2D eigenvalue weighted by atomic mass is 10.2. The molecule has 1 nitrogen and oxygen atoms in total. The van der Waals surface area contributed by atoms with Crippen molar-refractivity contribution in [1.29, 1.82) is 0 Å². The number of halogens is 3. The van der Waals surface area contributed by atoms with Crippen LogP contribution in [0.25, 0.3) is 0 Å². The maximum Gasteiger partial charge on any atom is 0.0804 e. The van der Waals surface area contributed by atoms with Crippen LogP contribution in [-0.4, -0.2) is 12.3 Å². The molecule has 0 aromatic heterocycles. The van der Waals surface area contributed by atoms with Crippen LogP contribution < -0.4 is 5.32 Å². The van der Waals surface area contributed by atoms with E-state index in [2.05, 4.69) is 5.32 Å². The zero-order chi connectivity index (χ0) is 9.26. The molecule has 1 atom stereocenters. The first kappa shape index (κ1) is 12.5. The normalized spacial score (nSPS) is 20.6. The molecule has 2 rings (SSSR count). The summed E-state index contributed by atoms with van der Waals surface area (Å²) in [6.45, 7) is 1.05. The van der Waals surface area contributed by atoms with Gasteiger partial charge < -0.3 is 5.32 Å². The summed E-state index contributed by atoms with van der Waals surface area (Å²) >= 11 is 13.8. The van der Waals surface area contributed by atoms with Crippen LogP contribution >= 0.6 is 47.4 Å². The Balaban J connectivity index is 0.000000980. The summed E-state index contributed by atoms with van der Waals surface area (Å²) in [6.07, 6.45) is 0. The third-order valence-electron chi connectivity index (χ3n) is 1.96. The molecule has 14 heavy (non-hydrogen) atoms. The molecule has 1 unspecified atom stereocenters. The lowest BCUT2D eigenvalue weighted by molar-refractivity contribution is 0.751. The van der Waals surface area contributed by atoms with Crippen LogP contribution in [0.3, 0.4) is 0 Å². The van der Waals surface area contributed by atoms with Gasteiger partial charge in [-0.25, -0.2) is 0 Å². The van der Waals surface area contributed by atoms with Crippen molar-refractivity contribution >= 4 is 47.4 Å². The molecule has 0 bridgehead atoms. The van der Waals surface area contributed by atoms with Crippen LogP contribution in [0.1, 0.15) is 10.9 Å². The first-order valence-electron chi connectivity index (χ1n) is 4.07. The number of thioether (sulfide) groups is 1. The second kappa shape index (κ2) is 5.47. The van der Waals surface area contributed by atoms with Crippen molar-refractivity contribution in [2.75, 3.05) is 12.3 Å². The fourth-order valence-corrected chi connectivity index (χ4v) is 3.01. The SMILES string of the molecule is Cl.Clc1ccc(C2NCCS2)c(Cl)c1. The standard InChI is InChI=1S/C9H9Cl2NS.ClH/c10-6-1-2-7(8(11)5-6)9-12-3-4-13-9;/h1-2,5,9,12H,3-4H2;1H. The summed E-state index contributed by atoms with van der Waals surface area (Å²) < 4.78 is 0. The maximum absolute atomic E-state index is 6.07. The van der Waals surface area contributed by atoms with Crippen molar-refractivity contribution in [3.8, 4) is 0 Å². The molecule has 1 aliphatic heterocycles. The summed E-state index contributed by atoms with van der Waals surface area (Å²) in [5.41, 5.74) is 1.13. The number of hydrogen-bond donors (Lipinski definition) is 1. The minimum atomic E-state index is 0. The van der Waals surface area contributed by atoms with Gasteiger partial charge >= 0.3 is 0 Å². The van der Waals surface area contributed by atoms with E-state index in [0.717, 1.165) is 22.9 Å². The van der Waals surface area contributed by atoms with Crippen LogP contribution in [0, 0.1) is 0 Å². The van der Waals surface area contributed by atoms with E-state index in [1.807, 2.05) is 23.9 Å².